The number of carboxylic acid groups (broad SMARTS) is 1. The highest BCUT2D eigenvalue weighted by molar-refractivity contribution is 9.10. The fourth-order valence-corrected chi connectivity index (χ4v) is 2.47. The Bertz CT molecular complexity index is 703. The molecular formula is C17H16BrNO4. The summed E-state index contributed by atoms with van der Waals surface area (Å²) in [4.78, 5) is 23.4. The number of amides is 1. The first kappa shape index (κ1) is 17.0. The van der Waals surface area contributed by atoms with Crippen molar-refractivity contribution in [1.29, 1.82) is 0 Å². The average Bonchev–Trinajstić information content (AvgIpc) is 2.54. The summed E-state index contributed by atoms with van der Waals surface area (Å²) in [6, 6.07) is 13.2. The molecular weight excluding hydrogens is 362 g/mol. The molecule has 0 radical (unpaired) electrons. The molecule has 1 atom stereocenters. The van der Waals surface area contributed by atoms with Crippen molar-refractivity contribution in [2.45, 2.75) is 19.6 Å². The third-order valence-corrected chi connectivity index (χ3v) is 4.20. The SMILES string of the molecule is Cc1c(Br)cccc1C(NC(=O)OCc1ccccc1)C(=O)O. The molecule has 0 saturated carbocycles. The first-order valence-electron chi connectivity index (χ1n) is 6.94. The van der Waals surface area contributed by atoms with Gasteiger partial charge in [0.2, 0.25) is 0 Å². The fourth-order valence-electron chi connectivity index (χ4n) is 2.09. The highest BCUT2D eigenvalue weighted by Crippen LogP contribution is 2.25. The number of carbonyl (C=O) groups excluding carboxylic acids is 1. The predicted molar refractivity (Wildman–Crippen MR) is 89.0 cm³/mol. The van der Waals surface area contributed by atoms with Gasteiger partial charge in [0.25, 0.3) is 0 Å². The Hall–Kier alpha value is -2.34. The zero-order valence-electron chi connectivity index (χ0n) is 12.5. The molecule has 120 valence electrons. The second kappa shape index (κ2) is 7.78. The Labute approximate surface area is 142 Å². The Morgan fingerprint density at radius 1 is 1.17 bits per heavy atom. The summed E-state index contributed by atoms with van der Waals surface area (Å²) in [6.45, 7) is 1.86. The van der Waals surface area contributed by atoms with Crippen LogP contribution in [0.15, 0.2) is 53.0 Å². The van der Waals surface area contributed by atoms with Crippen LogP contribution in [0.4, 0.5) is 4.79 Å². The second-order valence-corrected chi connectivity index (χ2v) is 5.79. The smallest absolute Gasteiger partial charge is 0.408 e. The van der Waals surface area contributed by atoms with Gasteiger partial charge in [-0.05, 0) is 29.7 Å². The number of hydrogen-bond donors (Lipinski definition) is 2. The van der Waals surface area contributed by atoms with Crippen molar-refractivity contribution < 1.29 is 19.4 Å². The van der Waals surface area contributed by atoms with Crippen molar-refractivity contribution >= 4 is 28.0 Å². The molecule has 2 aromatic rings. The Morgan fingerprint density at radius 2 is 1.87 bits per heavy atom. The minimum absolute atomic E-state index is 0.0798. The number of hydrogen-bond acceptors (Lipinski definition) is 3. The lowest BCUT2D eigenvalue weighted by molar-refractivity contribution is -0.139. The minimum atomic E-state index is -1.17. The summed E-state index contributed by atoms with van der Waals surface area (Å²) >= 11 is 3.35. The van der Waals surface area contributed by atoms with Crippen molar-refractivity contribution in [2.75, 3.05) is 0 Å². The quantitative estimate of drug-likeness (QED) is 0.830. The standard InChI is InChI=1S/C17H16BrNO4/c1-11-13(8-5-9-14(11)18)15(16(20)21)19-17(22)23-10-12-6-3-2-4-7-12/h2-9,15H,10H2,1H3,(H,19,22)(H,20,21). The van der Waals surface area contributed by atoms with E-state index in [2.05, 4.69) is 21.2 Å². The fraction of sp³-hybridized carbons (Fsp3) is 0.176. The highest BCUT2D eigenvalue weighted by atomic mass is 79.9. The molecule has 2 N–H and O–H groups in total. The number of halogens is 1. The van der Waals surface area contributed by atoms with Gasteiger partial charge in [0.05, 0.1) is 0 Å². The number of benzene rings is 2. The number of alkyl carbamates (subject to hydrolysis) is 1. The Kier molecular flexibility index (Phi) is 5.76. The van der Waals surface area contributed by atoms with Gasteiger partial charge in [0.15, 0.2) is 6.04 Å². The number of rotatable bonds is 5. The third-order valence-electron chi connectivity index (χ3n) is 3.34. The summed E-state index contributed by atoms with van der Waals surface area (Å²) in [5.74, 6) is -1.15. The van der Waals surface area contributed by atoms with Crippen molar-refractivity contribution in [2.24, 2.45) is 0 Å². The highest BCUT2D eigenvalue weighted by Gasteiger charge is 2.25. The van der Waals surface area contributed by atoms with E-state index < -0.39 is 18.1 Å². The number of nitrogens with one attached hydrogen (secondary N) is 1. The molecule has 0 spiro atoms. The van der Waals surface area contributed by atoms with Gasteiger partial charge in [0.1, 0.15) is 6.61 Å². The first-order valence-corrected chi connectivity index (χ1v) is 7.73. The molecule has 0 saturated heterocycles. The molecule has 2 rings (SSSR count). The zero-order valence-corrected chi connectivity index (χ0v) is 14.0. The summed E-state index contributed by atoms with van der Waals surface area (Å²) < 4.78 is 5.85. The lowest BCUT2D eigenvalue weighted by Gasteiger charge is -2.17. The van der Waals surface area contributed by atoms with Crippen LogP contribution in [0.25, 0.3) is 0 Å². The van der Waals surface area contributed by atoms with E-state index >= 15 is 0 Å². The van der Waals surface area contributed by atoms with E-state index in [1.54, 1.807) is 19.1 Å². The molecule has 5 nitrogen and oxygen atoms in total. The maximum atomic E-state index is 11.9. The predicted octanol–water partition coefficient (Wildman–Crippen LogP) is 3.81. The third kappa shape index (κ3) is 4.56. The average molecular weight is 378 g/mol. The van der Waals surface area contributed by atoms with Crippen LogP contribution < -0.4 is 5.32 Å². The number of aliphatic carboxylic acids is 1. The summed E-state index contributed by atoms with van der Waals surface area (Å²) in [7, 11) is 0. The topological polar surface area (TPSA) is 75.6 Å². The minimum Gasteiger partial charge on any atom is -0.479 e. The number of carbonyl (C=O) groups is 2. The Balaban J connectivity index is 2.06. The molecule has 0 fully saturated rings. The molecule has 0 aliphatic rings. The molecule has 2 aromatic carbocycles. The van der Waals surface area contributed by atoms with Gasteiger partial charge in [-0.1, -0.05) is 58.4 Å². The van der Waals surface area contributed by atoms with E-state index in [0.29, 0.717) is 5.56 Å². The van der Waals surface area contributed by atoms with Crippen molar-refractivity contribution in [1.82, 2.24) is 5.32 Å². The molecule has 6 heteroatoms. The molecule has 1 amide bonds. The molecule has 0 heterocycles. The molecule has 1 unspecified atom stereocenters. The van der Waals surface area contributed by atoms with Crippen LogP contribution in [0.1, 0.15) is 22.7 Å². The second-order valence-electron chi connectivity index (χ2n) is 4.93. The van der Waals surface area contributed by atoms with Crippen molar-refractivity contribution in [3.05, 3.63) is 69.7 Å². The van der Waals surface area contributed by atoms with Crippen LogP contribution in [-0.4, -0.2) is 17.2 Å². The van der Waals surface area contributed by atoms with Crippen LogP contribution >= 0.6 is 15.9 Å². The molecule has 0 bridgehead atoms. The number of ether oxygens (including phenoxy) is 1. The van der Waals surface area contributed by atoms with Crippen LogP contribution in [0.5, 0.6) is 0 Å². The van der Waals surface area contributed by atoms with Crippen LogP contribution in [0.3, 0.4) is 0 Å². The van der Waals surface area contributed by atoms with Gasteiger partial charge in [-0.15, -0.1) is 0 Å². The summed E-state index contributed by atoms with van der Waals surface area (Å²) in [5, 5.41) is 11.8. The maximum absolute atomic E-state index is 11.9. The van der Waals surface area contributed by atoms with Gasteiger partial charge in [-0.25, -0.2) is 9.59 Å². The van der Waals surface area contributed by atoms with Crippen molar-refractivity contribution in [3.8, 4) is 0 Å². The van der Waals surface area contributed by atoms with E-state index in [0.717, 1.165) is 15.6 Å². The van der Waals surface area contributed by atoms with E-state index in [9.17, 15) is 14.7 Å². The monoisotopic (exact) mass is 377 g/mol. The van der Waals surface area contributed by atoms with Crippen LogP contribution in [-0.2, 0) is 16.1 Å². The van der Waals surface area contributed by atoms with Gasteiger partial charge in [-0.2, -0.15) is 0 Å². The molecule has 23 heavy (non-hydrogen) atoms. The molecule has 0 aromatic heterocycles. The molecule has 0 aliphatic carbocycles. The zero-order chi connectivity index (χ0) is 16.8. The summed E-state index contributed by atoms with van der Waals surface area (Å²) in [6.07, 6.45) is -0.777. The van der Waals surface area contributed by atoms with Gasteiger partial charge < -0.3 is 15.2 Å². The van der Waals surface area contributed by atoms with Crippen molar-refractivity contribution in [3.63, 3.8) is 0 Å². The maximum Gasteiger partial charge on any atom is 0.408 e. The first-order chi connectivity index (χ1) is 11.0. The van der Waals surface area contributed by atoms with E-state index in [1.165, 1.54) is 0 Å². The normalized spacial score (nSPS) is 11.6. The van der Waals surface area contributed by atoms with Gasteiger partial charge >= 0.3 is 12.1 Å². The van der Waals surface area contributed by atoms with E-state index in [1.807, 2.05) is 36.4 Å². The van der Waals surface area contributed by atoms with Gasteiger partial charge in [-0.3, -0.25) is 0 Å². The van der Waals surface area contributed by atoms with Crippen LogP contribution in [0.2, 0.25) is 0 Å². The lowest BCUT2D eigenvalue weighted by Crippen LogP contribution is -2.34. The van der Waals surface area contributed by atoms with Gasteiger partial charge in [0, 0.05) is 4.47 Å². The number of carboxylic acids is 1. The molecule has 0 aliphatic heterocycles. The Morgan fingerprint density at radius 3 is 2.52 bits per heavy atom. The van der Waals surface area contributed by atoms with Crippen LogP contribution in [0, 0.1) is 6.92 Å². The van der Waals surface area contributed by atoms with E-state index in [4.69, 9.17) is 4.74 Å². The van der Waals surface area contributed by atoms with E-state index in [-0.39, 0.29) is 6.61 Å². The largest absolute Gasteiger partial charge is 0.479 e. The summed E-state index contributed by atoms with van der Waals surface area (Å²) in [5.41, 5.74) is 2.08. The lowest BCUT2D eigenvalue weighted by atomic mass is 10.0.